The van der Waals surface area contributed by atoms with Crippen LogP contribution in [0.2, 0.25) is 0 Å². The lowest BCUT2D eigenvalue weighted by molar-refractivity contribution is -0.131. The summed E-state index contributed by atoms with van der Waals surface area (Å²) in [5, 5.41) is 2.78. The largest absolute Gasteiger partial charge is 0.325 e. The standard InChI is InChI=1S/C20H19FN2O2/c1-2-20(16-10-12-17(21)13-11-16)18(24)23(19(25)22-20)14-6-9-15-7-4-3-5-8-15/h3-13H,2,14H2,1H3,(H,22,25). The van der Waals surface area contributed by atoms with Gasteiger partial charge in [-0.3, -0.25) is 9.69 Å². The average molecular weight is 338 g/mol. The number of carbonyl (C=O) groups is 2. The summed E-state index contributed by atoms with van der Waals surface area (Å²) in [5.41, 5.74) is 0.449. The van der Waals surface area contributed by atoms with Crippen molar-refractivity contribution in [3.05, 3.63) is 77.6 Å². The minimum Gasteiger partial charge on any atom is -0.319 e. The van der Waals surface area contributed by atoms with Crippen LogP contribution in [0.15, 0.2) is 60.7 Å². The van der Waals surface area contributed by atoms with Gasteiger partial charge in [-0.15, -0.1) is 0 Å². The molecular formula is C20H19FN2O2. The molecule has 1 saturated heterocycles. The van der Waals surface area contributed by atoms with E-state index in [1.807, 2.05) is 43.3 Å². The third-order valence-corrected chi connectivity index (χ3v) is 4.44. The fraction of sp³-hybridized carbons (Fsp3) is 0.200. The minimum absolute atomic E-state index is 0.183. The van der Waals surface area contributed by atoms with Gasteiger partial charge in [-0.2, -0.15) is 0 Å². The van der Waals surface area contributed by atoms with E-state index in [1.54, 1.807) is 18.2 Å². The van der Waals surface area contributed by atoms with Crippen LogP contribution in [0.3, 0.4) is 0 Å². The van der Waals surface area contributed by atoms with Gasteiger partial charge in [0.15, 0.2) is 0 Å². The number of hydrogen-bond donors (Lipinski definition) is 1. The van der Waals surface area contributed by atoms with E-state index < -0.39 is 11.6 Å². The smallest absolute Gasteiger partial charge is 0.319 e. The van der Waals surface area contributed by atoms with Gasteiger partial charge in [0, 0.05) is 6.54 Å². The summed E-state index contributed by atoms with van der Waals surface area (Å²) >= 11 is 0. The number of benzene rings is 2. The van der Waals surface area contributed by atoms with Crippen LogP contribution in [0.25, 0.3) is 6.08 Å². The van der Waals surface area contributed by atoms with Crippen LogP contribution < -0.4 is 5.32 Å². The first-order chi connectivity index (χ1) is 12.1. The molecule has 0 aliphatic carbocycles. The zero-order valence-corrected chi connectivity index (χ0v) is 13.9. The maximum atomic E-state index is 13.2. The molecule has 1 aliphatic heterocycles. The first-order valence-electron chi connectivity index (χ1n) is 8.18. The fourth-order valence-electron chi connectivity index (χ4n) is 3.02. The summed E-state index contributed by atoms with van der Waals surface area (Å²) in [6.07, 6.45) is 4.04. The van der Waals surface area contributed by atoms with E-state index in [4.69, 9.17) is 0 Å². The Morgan fingerprint density at radius 2 is 1.76 bits per heavy atom. The highest BCUT2D eigenvalue weighted by Gasteiger charge is 2.50. The normalized spacial score (nSPS) is 20.3. The lowest BCUT2D eigenvalue weighted by Gasteiger charge is -2.25. The molecule has 0 bridgehead atoms. The topological polar surface area (TPSA) is 49.4 Å². The van der Waals surface area contributed by atoms with Crippen LogP contribution in [0.5, 0.6) is 0 Å². The lowest BCUT2D eigenvalue weighted by atomic mass is 9.87. The number of halogens is 1. The van der Waals surface area contributed by atoms with Gasteiger partial charge in [-0.05, 0) is 29.7 Å². The first-order valence-corrected chi connectivity index (χ1v) is 8.18. The lowest BCUT2D eigenvalue weighted by Crippen LogP contribution is -2.43. The number of nitrogens with one attached hydrogen (secondary N) is 1. The molecule has 3 amide bonds. The van der Waals surface area contributed by atoms with Gasteiger partial charge in [-0.25, -0.2) is 9.18 Å². The first kappa shape index (κ1) is 16.9. The van der Waals surface area contributed by atoms with Gasteiger partial charge in [0.25, 0.3) is 5.91 Å². The Labute approximate surface area is 146 Å². The molecule has 128 valence electrons. The van der Waals surface area contributed by atoms with Crippen LogP contribution in [0.4, 0.5) is 9.18 Å². The van der Waals surface area contributed by atoms with Gasteiger partial charge in [-0.1, -0.05) is 61.5 Å². The van der Waals surface area contributed by atoms with E-state index in [1.165, 1.54) is 17.0 Å². The molecule has 1 fully saturated rings. The van der Waals surface area contributed by atoms with Crippen molar-refractivity contribution >= 4 is 18.0 Å². The van der Waals surface area contributed by atoms with Crippen molar-refractivity contribution in [1.82, 2.24) is 10.2 Å². The maximum Gasteiger partial charge on any atom is 0.325 e. The Kier molecular flexibility index (Phi) is 4.65. The number of imide groups is 1. The molecule has 2 aromatic rings. The van der Waals surface area contributed by atoms with Crippen molar-refractivity contribution in [2.45, 2.75) is 18.9 Å². The monoisotopic (exact) mass is 338 g/mol. The van der Waals surface area contributed by atoms with Crippen molar-refractivity contribution in [2.75, 3.05) is 6.54 Å². The Hall–Kier alpha value is -2.95. The zero-order valence-electron chi connectivity index (χ0n) is 13.9. The molecule has 1 aliphatic rings. The molecule has 5 heteroatoms. The molecular weight excluding hydrogens is 319 g/mol. The maximum absolute atomic E-state index is 13.2. The van der Waals surface area contributed by atoms with Crippen molar-refractivity contribution in [3.8, 4) is 0 Å². The molecule has 1 heterocycles. The quantitative estimate of drug-likeness (QED) is 0.845. The number of hydrogen-bond acceptors (Lipinski definition) is 2. The summed E-state index contributed by atoms with van der Waals surface area (Å²) in [4.78, 5) is 26.4. The predicted octanol–water partition coefficient (Wildman–Crippen LogP) is 3.70. The van der Waals surface area contributed by atoms with Crippen LogP contribution in [-0.2, 0) is 10.3 Å². The number of carbonyl (C=O) groups excluding carboxylic acids is 2. The molecule has 3 rings (SSSR count). The molecule has 0 radical (unpaired) electrons. The third-order valence-electron chi connectivity index (χ3n) is 4.44. The molecule has 0 spiro atoms. The molecule has 4 nitrogen and oxygen atoms in total. The number of urea groups is 1. The fourth-order valence-corrected chi connectivity index (χ4v) is 3.02. The van der Waals surface area contributed by atoms with Crippen LogP contribution in [-0.4, -0.2) is 23.4 Å². The summed E-state index contributed by atoms with van der Waals surface area (Å²) in [6, 6.07) is 14.9. The average Bonchev–Trinajstić information content (AvgIpc) is 2.88. The van der Waals surface area contributed by atoms with E-state index in [-0.39, 0.29) is 18.3 Å². The van der Waals surface area contributed by atoms with Crippen LogP contribution in [0.1, 0.15) is 24.5 Å². The van der Waals surface area contributed by atoms with E-state index in [0.717, 1.165) is 5.56 Å². The van der Waals surface area contributed by atoms with Gasteiger partial charge in [0.1, 0.15) is 11.4 Å². The van der Waals surface area contributed by atoms with E-state index in [2.05, 4.69) is 5.32 Å². The second-order valence-electron chi connectivity index (χ2n) is 5.92. The second kappa shape index (κ2) is 6.89. The second-order valence-corrected chi connectivity index (χ2v) is 5.92. The van der Waals surface area contributed by atoms with Crippen LogP contribution >= 0.6 is 0 Å². The highest BCUT2D eigenvalue weighted by molar-refractivity contribution is 6.07. The Morgan fingerprint density at radius 3 is 2.40 bits per heavy atom. The molecule has 0 saturated carbocycles. The Balaban J connectivity index is 1.81. The summed E-state index contributed by atoms with van der Waals surface area (Å²) in [6.45, 7) is 2.01. The molecule has 25 heavy (non-hydrogen) atoms. The Morgan fingerprint density at radius 1 is 1.08 bits per heavy atom. The zero-order chi connectivity index (χ0) is 17.9. The van der Waals surface area contributed by atoms with Gasteiger partial charge >= 0.3 is 6.03 Å². The van der Waals surface area contributed by atoms with Crippen molar-refractivity contribution in [2.24, 2.45) is 0 Å². The highest BCUT2D eigenvalue weighted by Crippen LogP contribution is 2.32. The van der Waals surface area contributed by atoms with E-state index in [0.29, 0.717) is 12.0 Å². The summed E-state index contributed by atoms with van der Waals surface area (Å²) in [7, 11) is 0. The molecule has 1 atom stereocenters. The minimum atomic E-state index is -1.13. The molecule has 2 aromatic carbocycles. The van der Waals surface area contributed by atoms with Gasteiger partial charge in [0.05, 0.1) is 0 Å². The summed E-state index contributed by atoms with van der Waals surface area (Å²) in [5.74, 6) is -0.696. The van der Waals surface area contributed by atoms with Crippen molar-refractivity contribution < 1.29 is 14.0 Å². The number of rotatable bonds is 5. The van der Waals surface area contributed by atoms with Gasteiger partial charge < -0.3 is 5.32 Å². The molecule has 0 aromatic heterocycles. The Bertz CT molecular complexity index is 802. The summed E-state index contributed by atoms with van der Waals surface area (Å²) < 4.78 is 13.2. The molecule has 1 unspecified atom stereocenters. The third kappa shape index (κ3) is 3.18. The van der Waals surface area contributed by atoms with Gasteiger partial charge in [0.2, 0.25) is 0 Å². The van der Waals surface area contributed by atoms with E-state index in [9.17, 15) is 14.0 Å². The SMILES string of the molecule is CCC1(c2ccc(F)cc2)NC(=O)N(CC=Cc2ccccc2)C1=O. The van der Waals surface area contributed by atoms with Crippen molar-refractivity contribution in [3.63, 3.8) is 0 Å². The van der Waals surface area contributed by atoms with Crippen LogP contribution in [0, 0.1) is 5.82 Å². The van der Waals surface area contributed by atoms with E-state index >= 15 is 0 Å². The molecule has 1 N–H and O–H groups in total. The predicted molar refractivity (Wildman–Crippen MR) is 94.1 cm³/mol. The number of nitrogens with zero attached hydrogens (tertiary/aromatic N) is 1. The number of amides is 3. The highest BCUT2D eigenvalue weighted by atomic mass is 19.1. The van der Waals surface area contributed by atoms with Crippen molar-refractivity contribution in [1.29, 1.82) is 0 Å².